The smallest absolute Gasteiger partial charge is 0.254 e. The number of amides is 1. The van der Waals surface area contributed by atoms with Crippen molar-refractivity contribution in [1.29, 1.82) is 0 Å². The van der Waals surface area contributed by atoms with Crippen LogP contribution in [-0.4, -0.2) is 15.7 Å². The van der Waals surface area contributed by atoms with Gasteiger partial charge in [-0.05, 0) is 31.6 Å². The predicted molar refractivity (Wildman–Crippen MR) is 61.8 cm³/mol. The summed E-state index contributed by atoms with van der Waals surface area (Å²) in [6, 6.07) is 0.367. The third-order valence-corrected chi connectivity index (χ3v) is 3.39. The molecule has 0 radical (unpaired) electrons. The first-order chi connectivity index (χ1) is 7.58. The van der Waals surface area contributed by atoms with Gasteiger partial charge in [-0.15, -0.1) is 0 Å². The number of nitrogens with zero attached hydrogens (tertiary/aromatic N) is 2. The van der Waals surface area contributed by atoms with Crippen LogP contribution in [0.15, 0.2) is 6.20 Å². The van der Waals surface area contributed by atoms with Crippen molar-refractivity contribution in [2.75, 3.05) is 5.73 Å². The van der Waals surface area contributed by atoms with Crippen LogP contribution in [0.25, 0.3) is 0 Å². The molecule has 0 atom stereocenters. The van der Waals surface area contributed by atoms with Crippen molar-refractivity contribution in [2.24, 2.45) is 11.7 Å². The van der Waals surface area contributed by atoms with E-state index in [1.165, 1.54) is 12.8 Å². The van der Waals surface area contributed by atoms with Gasteiger partial charge in [0.25, 0.3) is 5.91 Å². The molecular weight excluding hydrogens is 204 g/mol. The van der Waals surface area contributed by atoms with Crippen molar-refractivity contribution in [3.63, 3.8) is 0 Å². The number of carbonyl (C=O) groups excluding carboxylic acids is 1. The van der Waals surface area contributed by atoms with E-state index in [-0.39, 0.29) is 5.82 Å². The molecular formula is C11H18N4O. The average molecular weight is 222 g/mol. The Morgan fingerprint density at radius 2 is 2.06 bits per heavy atom. The Bertz CT molecular complexity index is 391. The molecule has 16 heavy (non-hydrogen) atoms. The number of hydrogen-bond acceptors (Lipinski definition) is 3. The summed E-state index contributed by atoms with van der Waals surface area (Å²) in [5.41, 5.74) is 11.2. The Morgan fingerprint density at radius 3 is 2.56 bits per heavy atom. The van der Waals surface area contributed by atoms with E-state index in [1.807, 2.05) is 0 Å². The fourth-order valence-corrected chi connectivity index (χ4v) is 2.29. The summed E-state index contributed by atoms with van der Waals surface area (Å²) in [5, 5.41) is 4.17. The summed E-state index contributed by atoms with van der Waals surface area (Å²) in [6.07, 6.45) is 6.28. The molecule has 0 spiro atoms. The molecule has 0 unspecified atom stereocenters. The highest BCUT2D eigenvalue weighted by Crippen LogP contribution is 2.31. The molecule has 5 heteroatoms. The molecule has 5 nitrogen and oxygen atoms in total. The maximum absolute atomic E-state index is 11.1. The summed E-state index contributed by atoms with van der Waals surface area (Å²) < 4.78 is 1.81. The van der Waals surface area contributed by atoms with Gasteiger partial charge in [0.15, 0.2) is 5.82 Å². The topological polar surface area (TPSA) is 86.9 Å². The second kappa shape index (κ2) is 4.15. The molecule has 1 aliphatic rings. The molecule has 1 aliphatic carbocycles. The zero-order valence-electron chi connectivity index (χ0n) is 9.52. The summed E-state index contributed by atoms with van der Waals surface area (Å²) >= 11 is 0. The summed E-state index contributed by atoms with van der Waals surface area (Å²) in [7, 11) is 0. The molecule has 1 saturated carbocycles. The third-order valence-electron chi connectivity index (χ3n) is 3.39. The second-order valence-corrected chi connectivity index (χ2v) is 4.69. The van der Waals surface area contributed by atoms with Gasteiger partial charge >= 0.3 is 0 Å². The Balaban J connectivity index is 2.15. The third kappa shape index (κ3) is 2.03. The van der Waals surface area contributed by atoms with E-state index in [0.29, 0.717) is 11.6 Å². The van der Waals surface area contributed by atoms with E-state index in [9.17, 15) is 4.79 Å². The highest BCUT2D eigenvalue weighted by molar-refractivity contribution is 5.96. The van der Waals surface area contributed by atoms with Crippen molar-refractivity contribution >= 4 is 11.7 Å². The van der Waals surface area contributed by atoms with Crippen LogP contribution >= 0.6 is 0 Å². The van der Waals surface area contributed by atoms with E-state index in [1.54, 1.807) is 10.9 Å². The molecule has 1 aromatic rings. The Labute approximate surface area is 94.8 Å². The molecule has 1 amide bonds. The molecule has 88 valence electrons. The van der Waals surface area contributed by atoms with E-state index in [4.69, 9.17) is 11.5 Å². The van der Waals surface area contributed by atoms with Crippen molar-refractivity contribution in [2.45, 2.75) is 38.6 Å². The molecule has 0 bridgehead atoms. The molecule has 1 aromatic heterocycles. The van der Waals surface area contributed by atoms with Crippen molar-refractivity contribution < 1.29 is 4.79 Å². The first kappa shape index (κ1) is 11.0. The van der Waals surface area contributed by atoms with Gasteiger partial charge in [0.05, 0.1) is 6.04 Å². The van der Waals surface area contributed by atoms with Crippen LogP contribution in [0, 0.1) is 5.92 Å². The number of rotatable bonds is 2. The maximum Gasteiger partial charge on any atom is 0.254 e. The summed E-state index contributed by atoms with van der Waals surface area (Å²) in [6.45, 7) is 2.27. The molecule has 0 aromatic carbocycles. The van der Waals surface area contributed by atoms with Gasteiger partial charge in [-0.25, -0.2) is 0 Å². The molecule has 0 aliphatic heterocycles. The fraction of sp³-hybridized carbons (Fsp3) is 0.636. The molecule has 2 rings (SSSR count). The van der Waals surface area contributed by atoms with Crippen LogP contribution < -0.4 is 11.5 Å². The van der Waals surface area contributed by atoms with Gasteiger partial charge in [0, 0.05) is 6.20 Å². The lowest BCUT2D eigenvalue weighted by Gasteiger charge is -2.26. The van der Waals surface area contributed by atoms with Gasteiger partial charge < -0.3 is 11.5 Å². The minimum absolute atomic E-state index is 0.242. The van der Waals surface area contributed by atoms with Crippen LogP contribution in [0.2, 0.25) is 0 Å². The van der Waals surface area contributed by atoms with Crippen LogP contribution in [0.5, 0.6) is 0 Å². The lowest BCUT2D eigenvalue weighted by atomic mass is 9.87. The van der Waals surface area contributed by atoms with Gasteiger partial charge in [-0.3, -0.25) is 9.48 Å². The first-order valence-electron chi connectivity index (χ1n) is 5.72. The minimum Gasteiger partial charge on any atom is -0.382 e. The quantitative estimate of drug-likeness (QED) is 0.791. The number of nitrogen functional groups attached to an aromatic ring is 1. The average Bonchev–Trinajstić information content (AvgIpc) is 2.61. The Hall–Kier alpha value is -1.52. The lowest BCUT2D eigenvalue weighted by molar-refractivity contribution is 0.100. The van der Waals surface area contributed by atoms with E-state index < -0.39 is 5.91 Å². The Morgan fingerprint density at radius 1 is 1.44 bits per heavy atom. The van der Waals surface area contributed by atoms with Crippen LogP contribution in [-0.2, 0) is 0 Å². The zero-order chi connectivity index (χ0) is 11.7. The van der Waals surface area contributed by atoms with Crippen molar-refractivity contribution in [1.82, 2.24) is 9.78 Å². The number of primary amides is 1. The standard InChI is InChI=1S/C11H18N4O/c1-7-2-4-8(5-3-7)15-6-9(11(13)16)10(12)14-15/h6-8H,2-5H2,1H3,(H2,12,14)(H2,13,16). The van der Waals surface area contributed by atoms with E-state index in [2.05, 4.69) is 12.0 Å². The molecule has 0 saturated heterocycles. The first-order valence-corrected chi connectivity index (χ1v) is 5.72. The van der Waals surface area contributed by atoms with Gasteiger partial charge in [0.2, 0.25) is 0 Å². The van der Waals surface area contributed by atoms with E-state index >= 15 is 0 Å². The minimum atomic E-state index is -0.507. The van der Waals surface area contributed by atoms with Crippen molar-refractivity contribution in [3.8, 4) is 0 Å². The molecule has 1 heterocycles. The zero-order valence-corrected chi connectivity index (χ0v) is 9.52. The van der Waals surface area contributed by atoms with Gasteiger partial charge in [0.1, 0.15) is 5.56 Å². The number of hydrogen-bond donors (Lipinski definition) is 2. The largest absolute Gasteiger partial charge is 0.382 e. The monoisotopic (exact) mass is 222 g/mol. The van der Waals surface area contributed by atoms with Gasteiger partial charge in [-0.1, -0.05) is 6.92 Å². The van der Waals surface area contributed by atoms with Gasteiger partial charge in [-0.2, -0.15) is 5.10 Å². The number of nitrogens with two attached hydrogens (primary N) is 2. The number of carbonyl (C=O) groups is 1. The number of aromatic nitrogens is 2. The maximum atomic E-state index is 11.1. The van der Waals surface area contributed by atoms with Crippen LogP contribution in [0.1, 0.15) is 49.0 Å². The molecule has 4 N–H and O–H groups in total. The fourth-order valence-electron chi connectivity index (χ4n) is 2.29. The highest BCUT2D eigenvalue weighted by Gasteiger charge is 2.22. The summed E-state index contributed by atoms with van der Waals surface area (Å²) in [5.74, 6) is 0.527. The lowest BCUT2D eigenvalue weighted by Crippen LogP contribution is -2.17. The number of anilines is 1. The van der Waals surface area contributed by atoms with Crippen LogP contribution in [0.3, 0.4) is 0 Å². The SMILES string of the molecule is CC1CCC(n2cc(C(N)=O)c(N)n2)CC1. The van der Waals surface area contributed by atoms with Crippen molar-refractivity contribution in [3.05, 3.63) is 11.8 Å². The van der Waals surface area contributed by atoms with E-state index in [0.717, 1.165) is 18.8 Å². The predicted octanol–water partition coefficient (Wildman–Crippen LogP) is 1.32. The second-order valence-electron chi connectivity index (χ2n) is 4.69. The normalized spacial score (nSPS) is 25.6. The highest BCUT2D eigenvalue weighted by atomic mass is 16.1. The molecule has 1 fully saturated rings. The summed E-state index contributed by atoms with van der Waals surface area (Å²) in [4.78, 5) is 11.1. The Kier molecular flexibility index (Phi) is 2.85. The van der Waals surface area contributed by atoms with Crippen LogP contribution in [0.4, 0.5) is 5.82 Å².